The second-order valence-electron chi connectivity index (χ2n) is 7.67. The molecule has 0 aromatic heterocycles. The number of nitrogens with one attached hydrogen (secondary N) is 1. The Hall–Kier alpha value is -2.62. The maximum absolute atomic E-state index is 13.2. The molecule has 2 aliphatic rings. The van der Waals surface area contributed by atoms with Crippen molar-refractivity contribution in [2.45, 2.75) is 30.8 Å². The molecule has 4 rings (SSSR count). The number of methoxy groups -OCH3 is 1. The number of fused-ring (bicyclic) bond motifs is 1. The Balaban J connectivity index is 1.64. The lowest BCUT2D eigenvalue weighted by atomic mass is 9.97. The third-order valence-electron chi connectivity index (χ3n) is 5.80. The van der Waals surface area contributed by atoms with E-state index in [2.05, 4.69) is 12.2 Å². The zero-order valence-corrected chi connectivity index (χ0v) is 18.6. The van der Waals surface area contributed by atoms with Gasteiger partial charge in [-0.25, -0.2) is 8.42 Å². The van der Waals surface area contributed by atoms with Crippen LogP contribution in [0.4, 0.5) is 5.69 Å². The van der Waals surface area contributed by atoms with Gasteiger partial charge in [0.15, 0.2) is 0 Å². The molecule has 2 atom stereocenters. The average molecular weight is 447 g/mol. The van der Waals surface area contributed by atoms with Gasteiger partial charge < -0.3 is 19.5 Å². The van der Waals surface area contributed by atoms with E-state index in [1.807, 2.05) is 19.1 Å². The molecule has 31 heavy (non-hydrogen) atoms. The van der Waals surface area contributed by atoms with Crippen LogP contribution in [0, 0.1) is 0 Å². The van der Waals surface area contributed by atoms with Gasteiger partial charge in [0, 0.05) is 30.3 Å². The Bertz CT molecular complexity index is 1100. The van der Waals surface area contributed by atoms with Crippen molar-refractivity contribution in [2.75, 3.05) is 38.7 Å². The van der Waals surface area contributed by atoms with Crippen molar-refractivity contribution in [3.63, 3.8) is 0 Å². The van der Waals surface area contributed by atoms with E-state index in [1.54, 1.807) is 18.2 Å². The molecule has 1 fully saturated rings. The number of hydrogen-bond acceptors (Lipinski definition) is 6. The van der Waals surface area contributed by atoms with Gasteiger partial charge in [0.25, 0.3) is 5.91 Å². The summed E-state index contributed by atoms with van der Waals surface area (Å²) < 4.78 is 44.1. The molecule has 0 radical (unpaired) electrons. The summed E-state index contributed by atoms with van der Waals surface area (Å²) in [6.07, 6.45) is -0.0183. The number of benzene rings is 2. The number of carbonyl (C=O) groups excluding carboxylic acids is 1. The predicted molar refractivity (Wildman–Crippen MR) is 115 cm³/mol. The Morgan fingerprint density at radius 1 is 1.16 bits per heavy atom. The Labute approximate surface area is 182 Å². The number of ether oxygens (including phenoxy) is 3. The van der Waals surface area contributed by atoms with Crippen molar-refractivity contribution in [2.24, 2.45) is 0 Å². The van der Waals surface area contributed by atoms with E-state index in [4.69, 9.17) is 14.2 Å². The quantitative estimate of drug-likeness (QED) is 0.759. The van der Waals surface area contributed by atoms with Crippen LogP contribution in [-0.4, -0.2) is 58.1 Å². The third-order valence-corrected chi connectivity index (χ3v) is 7.72. The van der Waals surface area contributed by atoms with E-state index in [9.17, 15) is 13.2 Å². The lowest BCUT2D eigenvalue weighted by molar-refractivity contribution is 0.0729. The first kappa shape index (κ1) is 21.6. The highest BCUT2D eigenvalue weighted by Crippen LogP contribution is 2.40. The van der Waals surface area contributed by atoms with Crippen LogP contribution < -0.4 is 14.8 Å². The second kappa shape index (κ2) is 8.49. The van der Waals surface area contributed by atoms with E-state index in [0.29, 0.717) is 30.2 Å². The minimum absolute atomic E-state index is 0.00600. The van der Waals surface area contributed by atoms with E-state index < -0.39 is 10.0 Å². The molecular weight excluding hydrogens is 420 g/mol. The van der Waals surface area contributed by atoms with Gasteiger partial charge in [0.2, 0.25) is 10.0 Å². The number of rotatable bonds is 5. The first-order valence-corrected chi connectivity index (χ1v) is 11.6. The number of carbonyl (C=O) groups is 1. The molecule has 0 spiro atoms. The van der Waals surface area contributed by atoms with Gasteiger partial charge in [-0.05, 0) is 31.2 Å². The SMILES string of the molecule is COc1ccc(NC(=O)c2cccc3c2O[C@@H](C)[C@@H]3C)cc1S(=O)(=O)N1CCOCC1. The maximum atomic E-state index is 13.2. The van der Waals surface area contributed by atoms with Gasteiger partial charge in [-0.2, -0.15) is 4.31 Å². The minimum Gasteiger partial charge on any atom is -0.495 e. The number of nitrogens with zero attached hydrogens (tertiary/aromatic N) is 1. The van der Waals surface area contributed by atoms with E-state index in [0.717, 1.165) is 5.56 Å². The molecule has 1 amide bonds. The summed E-state index contributed by atoms with van der Waals surface area (Å²) in [4.78, 5) is 13.0. The maximum Gasteiger partial charge on any atom is 0.259 e. The van der Waals surface area contributed by atoms with Crippen molar-refractivity contribution >= 4 is 21.6 Å². The monoisotopic (exact) mass is 446 g/mol. The first-order valence-electron chi connectivity index (χ1n) is 10.2. The van der Waals surface area contributed by atoms with Crippen molar-refractivity contribution in [3.8, 4) is 11.5 Å². The summed E-state index contributed by atoms with van der Waals surface area (Å²) >= 11 is 0. The van der Waals surface area contributed by atoms with Crippen LogP contribution >= 0.6 is 0 Å². The van der Waals surface area contributed by atoms with E-state index >= 15 is 0 Å². The Kier molecular flexibility index (Phi) is 5.92. The number of morpholine rings is 1. The number of amides is 1. The van der Waals surface area contributed by atoms with Crippen molar-refractivity contribution in [3.05, 3.63) is 47.5 Å². The van der Waals surface area contributed by atoms with Gasteiger partial charge in [-0.1, -0.05) is 19.1 Å². The highest BCUT2D eigenvalue weighted by Gasteiger charge is 2.32. The van der Waals surface area contributed by atoms with Gasteiger partial charge in [0.05, 0.1) is 25.9 Å². The smallest absolute Gasteiger partial charge is 0.259 e. The summed E-state index contributed by atoms with van der Waals surface area (Å²) in [5, 5.41) is 2.80. The van der Waals surface area contributed by atoms with Crippen LogP contribution in [0.3, 0.4) is 0 Å². The molecule has 1 N–H and O–H groups in total. The van der Waals surface area contributed by atoms with Gasteiger partial charge in [-0.3, -0.25) is 4.79 Å². The topological polar surface area (TPSA) is 94.2 Å². The van der Waals surface area contributed by atoms with Crippen LogP contribution in [0.5, 0.6) is 11.5 Å². The van der Waals surface area contributed by atoms with Crippen LogP contribution in [0.25, 0.3) is 0 Å². The normalized spacial score (nSPS) is 21.3. The first-order chi connectivity index (χ1) is 14.8. The Morgan fingerprint density at radius 2 is 1.90 bits per heavy atom. The molecule has 2 aromatic rings. The number of para-hydroxylation sites is 1. The summed E-state index contributed by atoms with van der Waals surface area (Å²) in [5.41, 5.74) is 1.77. The summed E-state index contributed by atoms with van der Waals surface area (Å²) in [6.45, 7) is 5.25. The fourth-order valence-electron chi connectivity index (χ4n) is 3.85. The Morgan fingerprint density at radius 3 is 2.61 bits per heavy atom. The van der Waals surface area contributed by atoms with E-state index in [-0.39, 0.29) is 41.7 Å². The second-order valence-corrected chi connectivity index (χ2v) is 9.58. The molecule has 2 aliphatic heterocycles. The van der Waals surface area contributed by atoms with Crippen LogP contribution in [-0.2, 0) is 14.8 Å². The summed E-state index contributed by atoms with van der Waals surface area (Å²) in [5.74, 6) is 0.623. The lowest BCUT2D eigenvalue weighted by Crippen LogP contribution is -2.40. The van der Waals surface area contributed by atoms with Crippen molar-refractivity contribution in [1.82, 2.24) is 4.31 Å². The van der Waals surface area contributed by atoms with Crippen LogP contribution in [0.15, 0.2) is 41.3 Å². The van der Waals surface area contributed by atoms with E-state index in [1.165, 1.54) is 17.5 Å². The zero-order valence-electron chi connectivity index (χ0n) is 17.8. The standard InChI is InChI=1S/C22H26N2O6S/c1-14-15(2)30-21-17(14)5-4-6-18(21)22(25)23-16-7-8-19(28-3)20(13-16)31(26,27)24-9-11-29-12-10-24/h4-8,13-15H,9-12H2,1-3H3,(H,23,25)/t14-,15-/m0/s1. The van der Waals surface area contributed by atoms with Gasteiger partial charge in [-0.15, -0.1) is 0 Å². The molecule has 0 saturated carbocycles. The fourth-order valence-corrected chi connectivity index (χ4v) is 5.43. The fraction of sp³-hybridized carbons (Fsp3) is 0.409. The average Bonchev–Trinajstić information content (AvgIpc) is 3.08. The predicted octanol–water partition coefficient (Wildman–Crippen LogP) is 2.85. The molecular formula is C22H26N2O6S. The van der Waals surface area contributed by atoms with Crippen LogP contribution in [0.1, 0.15) is 35.7 Å². The number of anilines is 1. The molecule has 9 heteroatoms. The molecule has 0 unspecified atom stereocenters. The number of sulfonamides is 1. The molecule has 2 heterocycles. The third kappa shape index (κ3) is 4.00. The number of hydrogen-bond donors (Lipinski definition) is 1. The van der Waals surface area contributed by atoms with Crippen molar-refractivity contribution < 1.29 is 27.4 Å². The highest BCUT2D eigenvalue weighted by molar-refractivity contribution is 7.89. The molecule has 166 valence electrons. The molecule has 1 saturated heterocycles. The molecule has 0 bridgehead atoms. The molecule has 0 aliphatic carbocycles. The lowest BCUT2D eigenvalue weighted by Gasteiger charge is -2.26. The van der Waals surface area contributed by atoms with Crippen molar-refractivity contribution in [1.29, 1.82) is 0 Å². The molecule has 8 nitrogen and oxygen atoms in total. The van der Waals surface area contributed by atoms with Gasteiger partial charge in [0.1, 0.15) is 22.5 Å². The summed E-state index contributed by atoms with van der Waals surface area (Å²) in [6, 6.07) is 10.1. The van der Waals surface area contributed by atoms with Gasteiger partial charge >= 0.3 is 0 Å². The zero-order chi connectivity index (χ0) is 22.2. The van der Waals surface area contributed by atoms with Crippen LogP contribution in [0.2, 0.25) is 0 Å². The molecule has 2 aromatic carbocycles. The highest BCUT2D eigenvalue weighted by atomic mass is 32.2. The summed E-state index contributed by atoms with van der Waals surface area (Å²) in [7, 11) is -2.38. The largest absolute Gasteiger partial charge is 0.495 e. The minimum atomic E-state index is -3.80.